The van der Waals surface area contributed by atoms with Crippen molar-refractivity contribution in [1.29, 1.82) is 0 Å². The van der Waals surface area contributed by atoms with Crippen molar-refractivity contribution in [2.24, 2.45) is 0 Å². The molecule has 0 fully saturated rings. The summed E-state index contributed by atoms with van der Waals surface area (Å²) in [7, 11) is 5.65. The van der Waals surface area contributed by atoms with E-state index in [0.717, 1.165) is 16.9 Å². The molecule has 0 aliphatic heterocycles. The molecule has 0 saturated heterocycles. The highest BCUT2D eigenvalue weighted by molar-refractivity contribution is 5.91. The van der Waals surface area contributed by atoms with Crippen molar-refractivity contribution in [3.8, 4) is 5.69 Å². The Morgan fingerprint density at radius 3 is 2.10 bits per heavy atom. The predicted octanol–water partition coefficient (Wildman–Crippen LogP) is 3.36. The van der Waals surface area contributed by atoms with Gasteiger partial charge < -0.3 is 19.1 Å². The first-order chi connectivity index (χ1) is 13.9. The molecule has 0 unspecified atom stereocenters. The van der Waals surface area contributed by atoms with Crippen molar-refractivity contribution in [2.45, 2.75) is 6.54 Å². The number of hydrogen-bond acceptors (Lipinski definition) is 4. The monoisotopic (exact) mass is 391 g/mol. The van der Waals surface area contributed by atoms with Gasteiger partial charge in [-0.05, 0) is 54.1 Å². The number of benzene rings is 2. The highest BCUT2D eigenvalue weighted by Crippen LogP contribution is 2.14. The summed E-state index contributed by atoms with van der Waals surface area (Å²) in [6, 6.07) is 18.9. The van der Waals surface area contributed by atoms with Crippen molar-refractivity contribution < 1.29 is 14.3 Å². The largest absolute Gasteiger partial charge is 0.452 e. The van der Waals surface area contributed by atoms with Gasteiger partial charge in [0, 0.05) is 51.5 Å². The molecule has 0 radical (unpaired) electrons. The molecule has 150 valence electrons. The van der Waals surface area contributed by atoms with E-state index < -0.39 is 5.97 Å². The quantitative estimate of drug-likeness (QED) is 0.580. The van der Waals surface area contributed by atoms with Crippen LogP contribution in [0, 0.1) is 0 Å². The molecule has 0 atom stereocenters. The number of aromatic nitrogens is 1. The van der Waals surface area contributed by atoms with Gasteiger partial charge in [-0.3, -0.25) is 4.79 Å². The topological polar surface area (TPSA) is 54.8 Å². The molecule has 0 bridgehead atoms. The van der Waals surface area contributed by atoms with Gasteiger partial charge in [-0.1, -0.05) is 12.1 Å². The summed E-state index contributed by atoms with van der Waals surface area (Å²) in [6.45, 7) is 0.167. The van der Waals surface area contributed by atoms with E-state index in [-0.39, 0.29) is 12.5 Å². The third-order valence-corrected chi connectivity index (χ3v) is 4.63. The van der Waals surface area contributed by atoms with Crippen LogP contribution in [0.3, 0.4) is 0 Å². The molecular formula is C23H25N3O3. The summed E-state index contributed by atoms with van der Waals surface area (Å²) in [5.41, 5.74) is 3.47. The van der Waals surface area contributed by atoms with Gasteiger partial charge in [-0.25, -0.2) is 4.79 Å². The second-order valence-corrected chi connectivity index (χ2v) is 7.02. The minimum Gasteiger partial charge on any atom is -0.452 e. The molecule has 0 spiro atoms. The van der Waals surface area contributed by atoms with Crippen molar-refractivity contribution in [2.75, 3.05) is 32.6 Å². The lowest BCUT2D eigenvalue weighted by atomic mass is 10.2. The first kappa shape index (κ1) is 20.2. The molecule has 0 aliphatic carbocycles. The Balaban J connectivity index is 1.50. The zero-order valence-electron chi connectivity index (χ0n) is 16.9. The Hall–Kier alpha value is -3.54. The summed E-state index contributed by atoms with van der Waals surface area (Å²) in [5, 5.41) is 0. The van der Waals surface area contributed by atoms with Gasteiger partial charge in [0.1, 0.15) is 0 Å². The van der Waals surface area contributed by atoms with Crippen LogP contribution in [0.5, 0.6) is 0 Å². The molecule has 0 saturated carbocycles. The number of rotatable bonds is 7. The fraction of sp³-hybridized carbons (Fsp3) is 0.217. The predicted molar refractivity (Wildman–Crippen MR) is 113 cm³/mol. The highest BCUT2D eigenvalue weighted by Gasteiger charge is 2.14. The zero-order valence-corrected chi connectivity index (χ0v) is 16.9. The van der Waals surface area contributed by atoms with Crippen LogP contribution in [0.25, 0.3) is 5.69 Å². The van der Waals surface area contributed by atoms with E-state index in [1.807, 2.05) is 84.5 Å². The first-order valence-corrected chi connectivity index (χ1v) is 9.35. The molecule has 3 aromatic rings. The maximum atomic E-state index is 12.3. The fourth-order valence-electron chi connectivity index (χ4n) is 2.86. The van der Waals surface area contributed by atoms with Crippen LogP contribution in [0.1, 0.15) is 15.9 Å². The van der Waals surface area contributed by atoms with Crippen LogP contribution in [-0.2, 0) is 16.1 Å². The Kier molecular flexibility index (Phi) is 6.34. The zero-order chi connectivity index (χ0) is 20.8. The first-order valence-electron chi connectivity index (χ1n) is 9.35. The number of nitrogens with zero attached hydrogens (tertiary/aromatic N) is 3. The Morgan fingerprint density at radius 2 is 1.52 bits per heavy atom. The summed E-state index contributed by atoms with van der Waals surface area (Å²) in [6.07, 6.45) is 3.85. The van der Waals surface area contributed by atoms with Gasteiger partial charge in [-0.15, -0.1) is 0 Å². The minimum atomic E-state index is -0.513. The third kappa shape index (κ3) is 5.25. The summed E-state index contributed by atoms with van der Waals surface area (Å²) < 4.78 is 7.13. The lowest BCUT2D eigenvalue weighted by Gasteiger charge is -2.18. The van der Waals surface area contributed by atoms with E-state index in [1.165, 1.54) is 0 Å². The van der Waals surface area contributed by atoms with Gasteiger partial charge in [0.2, 0.25) is 0 Å². The fourth-order valence-corrected chi connectivity index (χ4v) is 2.86. The van der Waals surface area contributed by atoms with Crippen LogP contribution in [0.15, 0.2) is 73.1 Å². The lowest BCUT2D eigenvalue weighted by Crippen LogP contribution is -2.30. The van der Waals surface area contributed by atoms with E-state index in [2.05, 4.69) is 0 Å². The third-order valence-electron chi connectivity index (χ3n) is 4.63. The number of carbonyl (C=O) groups is 2. The number of ether oxygens (including phenoxy) is 1. The van der Waals surface area contributed by atoms with Gasteiger partial charge in [0.15, 0.2) is 6.61 Å². The summed E-state index contributed by atoms with van der Waals surface area (Å²) in [4.78, 5) is 28.1. The minimum absolute atomic E-state index is 0.251. The molecule has 3 rings (SSSR count). The number of amides is 1. The van der Waals surface area contributed by atoms with Crippen LogP contribution in [0.4, 0.5) is 5.69 Å². The molecule has 6 nitrogen and oxygen atoms in total. The highest BCUT2D eigenvalue weighted by atomic mass is 16.5. The number of hydrogen-bond donors (Lipinski definition) is 0. The molecule has 1 heterocycles. The molecular weight excluding hydrogens is 366 g/mol. The van der Waals surface area contributed by atoms with E-state index in [4.69, 9.17) is 4.74 Å². The van der Waals surface area contributed by atoms with Gasteiger partial charge >= 0.3 is 5.97 Å². The average molecular weight is 391 g/mol. The molecule has 1 aromatic heterocycles. The van der Waals surface area contributed by atoms with E-state index in [9.17, 15) is 9.59 Å². The van der Waals surface area contributed by atoms with E-state index in [0.29, 0.717) is 12.1 Å². The number of esters is 1. The molecule has 29 heavy (non-hydrogen) atoms. The Bertz CT molecular complexity index is 946. The maximum Gasteiger partial charge on any atom is 0.338 e. The average Bonchev–Trinajstić information content (AvgIpc) is 3.27. The lowest BCUT2D eigenvalue weighted by molar-refractivity contribution is -0.133. The van der Waals surface area contributed by atoms with Gasteiger partial charge in [0.05, 0.1) is 5.56 Å². The molecule has 0 aliphatic rings. The van der Waals surface area contributed by atoms with Crippen LogP contribution in [-0.4, -0.2) is 49.1 Å². The molecule has 1 amide bonds. The normalized spacial score (nSPS) is 10.4. The van der Waals surface area contributed by atoms with Crippen LogP contribution < -0.4 is 4.90 Å². The maximum absolute atomic E-state index is 12.3. The molecule has 0 N–H and O–H groups in total. The van der Waals surface area contributed by atoms with E-state index in [1.54, 1.807) is 24.1 Å². The summed E-state index contributed by atoms with van der Waals surface area (Å²) >= 11 is 0. The summed E-state index contributed by atoms with van der Waals surface area (Å²) in [5.74, 6) is -0.764. The van der Waals surface area contributed by atoms with Crippen molar-refractivity contribution in [1.82, 2.24) is 9.47 Å². The number of likely N-dealkylation sites (N-methyl/N-ethyl adjacent to an activating group) is 1. The van der Waals surface area contributed by atoms with Crippen molar-refractivity contribution in [3.63, 3.8) is 0 Å². The Morgan fingerprint density at radius 1 is 0.897 bits per heavy atom. The van der Waals surface area contributed by atoms with Crippen LogP contribution >= 0.6 is 0 Å². The second-order valence-electron chi connectivity index (χ2n) is 7.02. The smallest absolute Gasteiger partial charge is 0.338 e. The van der Waals surface area contributed by atoms with Crippen molar-refractivity contribution in [3.05, 3.63) is 84.2 Å². The van der Waals surface area contributed by atoms with Gasteiger partial charge in [0.25, 0.3) is 5.91 Å². The molecule has 6 heteroatoms. The van der Waals surface area contributed by atoms with Gasteiger partial charge in [-0.2, -0.15) is 0 Å². The van der Waals surface area contributed by atoms with Crippen molar-refractivity contribution >= 4 is 17.6 Å². The second kappa shape index (κ2) is 9.10. The number of anilines is 1. The van der Waals surface area contributed by atoms with Crippen LogP contribution in [0.2, 0.25) is 0 Å². The Labute approximate surface area is 170 Å². The molecule has 2 aromatic carbocycles. The standard InChI is InChI=1S/C23H25N3O3/c1-24(2)20-10-6-18(7-11-20)16-25(3)22(27)17-29-23(28)19-8-12-21(13-9-19)26-14-4-5-15-26/h4-15H,16-17H2,1-3H3. The SMILES string of the molecule is CN(Cc1ccc(N(C)C)cc1)C(=O)COC(=O)c1ccc(-n2cccc2)cc1. The number of carbonyl (C=O) groups excluding carboxylic acids is 2. The van der Waals surface area contributed by atoms with E-state index >= 15 is 0 Å².